The zero-order chi connectivity index (χ0) is 17.2. The van der Waals surface area contributed by atoms with Crippen molar-refractivity contribution in [3.05, 3.63) is 39.4 Å². The number of hydrogen-bond acceptors (Lipinski definition) is 6. The summed E-state index contributed by atoms with van der Waals surface area (Å²) in [6, 6.07) is 4.82. The molecular formula is C16H21NO6. The van der Waals surface area contributed by atoms with Gasteiger partial charge in [-0.15, -0.1) is 0 Å². The first-order valence-electron chi connectivity index (χ1n) is 7.49. The van der Waals surface area contributed by atoms with Gasteiger partial charge in [-0.25, -0.2) is 0 Å². The maximum atomic E-state index is 11.6. The maximum Gasteiger partial charge on any atom is 0.306 e. The molecular weight excluding hydrogens is 302 g/mol. The van der Waals surface area contributed by atoms with Gasteiger partial charge in [-0.1, -0.05) is 25.5 Å². The van der Waals surface area contributed by atoms with Crippen molar-refractivity contribution >= 4 is 17.6 Å². The highest BCUT2D eigenvalue weighted by Gasteiger charge is 2.18. The lowest BCUT2D eigenvalue weighted by atomic mass is 10.1. The van der Waals surface area contributed by atoms with Crippen LogP contribution in [0.1, 0.15) is 43.7 Å². The van der Waals surface area contributed by atoms with Crippen molar-refractivity contribution in [2.24, 2.45) is 0 Å². The van der Waals surface area contributed by atoms with Crippen LogP contribution in [0, 0.1) is 17.0 Å². The predicted molar refractivity (Wildman–Crippen MR) is 82.7 cm³/mol. The molecule has 0 unspecified atom stereocenters. The monoisotopic (exact) mass is 323 g/mol. The third-order valence-corrected chi connectivity index (χ3v) is 3.19. The average molecular weight is 323 g/mol. The van der Waals surface area contributed by atoms with E-state index in [1.165, 1.54) is 6.07 Å². The van der Waals surface area contributed by atoms with E-state index in [-0.39, 0.29) is 25.1 Å². The Labute approximate surface area is 134 Å². The number of nitrogens with zero attached hydrogens (tertiary/aromatic N) is 1. The van der Waals surface area contributed by atoms with Gasteiger partial charge in [-0.05, 0) is 19.4 Å². The first-order chi connectivity index (χ1) is 11.0. The summed E-state index contributed by atoms with van der Waals surface area (Å²) in [5.41, 5.74) is 0.774. The molecule has 7 heteroatoms. The molecule has 0 aliphatic rings. The summed E-state index contributed by atoms with van der Waals surface area (Å²) in [7, 11) is 0. The van der Waals surface area contributed by atoms with E-state index < -0.39 is 16.9 Å². The Kier molecular flexibility index (Phi) is 7.73. The van der Waals surface area contributed by atoms with Gasteiger partial charge in [0.05, 0.1) is 29.9 Å². The number of carbonyl (C=O) groups excluding carboxylic acids is 2. The molecule has 126 valence electrons. The molecule has 23 heavy (non-hydrogen) atoms. The molecule has 1 aromatic carbocycles. The summed E-state index contributed by atoms with van der Waals surface area (Å²) in [6.07, 6.45) is 1.54. The van der Waals surface area contributed by atoms with Crippen LogP contribution >= 0.6 is 0 Å². The third-order valence-electron chi connectivity index (χ3n) is 3.19. The van der Waals surface area contributed by atoms with Crippen molar-refractivity contribution in [3.8, 4) is 0 Å². The van der Waals surface area contributed by atoms with Crippen molar-refractivity contribution in [2.45, 2.75) is 46.1 Å². The number of aryl methyl sites for hydroxylation is 1. The molecule has 0 aliphatic heterocycles. The van der Waals surface area contributed by atoms with E-state index in [0.717, 1.165) is 12.8 Å². The van der Waals surface area contributed by atoms with E-state index in [1.54, 1.807) is 19.1 Å². The molecule has 0 N–H and O–H groups in total. The first-order valence-corrected chi connectivity index (χ1v) is 7.49. The lowest BCUT2D eigenvalue weighted by Crippen LogP contribution is -2.11. The van der Waals surface area contributed by atoms with Crippen molar-refractivity contribution in [3.63, 3.8) is 0 Å². The number of hydrogen-bond donors (Lipinski definition) is 0. The summed E-state index contributed by atoms with van der Waals surface area (Å²) in [4.78, 5) is 33.5. The highest BCUT2D eigenvalue weighted by Crippen LogP contribution is 2.23. The Morgan fingerprint density at radius 2 is 1.83 bits per heavy atom. The van der Waals surface area contributed by atoms with E-state index in [4.69, 9.17) is 9.47 Å². The van der Waals surface area contributed by atoms with E-state index in [2.05, 4.69) is 0 Å². The van der Waals surface area contributed by atoms with Crippen LogP contribution in [0.15, 0.2) is 18.2 Å². The van der Waals surface area contributed by atoms with Crippen LogP contribution in [-0.2, 0) is 25.7 Å². The van der Waals surface area contributed by atoms with Gasteiger partial charge in [0, 0.05) is 5.56 Å². The number of esters is 2. The molecule has 0 fully saturated rings. The van der Waals surface area contributed by atoms with E-state index in [1.807, 2.05) is 6.92 Å². The maximum absolute atomic E-state index is 11.6. The van der Waals surface area contributed by atoms with E-state index in [0.29, 0.717) is 17.7 Å². The van der Waals surface area contributed by atoms with Crippen molar-refractivity contribution < 1.29 is 24.0 Å². The minimum absolute atomic E-state index is 0.0562. The third kappa shape index (κ3) is 6.46. The smallest absolute Gasteiger partial charge is 0.306 e. The molecule has 1 aromatic rings. The topological polar surface area (TPSA) is 95.7 Å². The van der Waals surface area contributed by atoms with Gasteiger partial charge in [-0.2, -0.15) is 0 Å². The van der Waals surface area contributed by atoms with Crippen molar-refractivity contribution in [2.75, 3.05) is 6.61 Å². The van der Waals surface area contributed by atoms with Gasteiger partial charge in [0.25, 0.3) is 5.69 Å². The number of nitro groups is 1. The Morgan fingerprint density at radius 3 is 2.43 bits per heavy atom. The first kappa shape index (κ1) is 18.6. The molecule has 0 spiro atoms. The Morgan fingerprint density at radius 1 is 1.17 bits per heavy atom. The quantitative estimate of drug-likeness (QED) is 0.300. The second-order valence-electron chi connectivity index (χ2n) is 5.07. The van der Waals surface area contributed by atoms with Gasteiger partial charge in [0.2, 0.25) is 0 Å². The van der Waals surface area contributed by atoms with Gasteiger partial charge < -0.3 is 9.47 Å². The molecule has 0 saturated carbocycles. The van der Waals surface area contributed by atoms with Crippen LogP contribution < -0.4 is 0 Å². The molecule has 0 amide bonds. The fourth-order valence-corrected chi connectivity index (χ4v) is 1.93. The number of unbranched alkanes of at least 4 members (excludes halogenated alkanes) is 1. The summed E-state index contributed by atoms with van der Waals surface area (Å²) in [5.74, 6) is -1.04. The summed E-state index contributed by atoms with van der Waals surface area (Å²) in [5, 5.41) is 11.0. The molecule has 0 bridgehead atoms. The van der Waals surface area contributed by atoms with Gasteiger partial charge in [0.1, 0.15) is 6.61 Å². The fourth-order valence-electron chi connectivity index (χ4n) is 1.93. The minimum Gasteiger partial charge on any atom is -0.466 e. The largest absolute Gasteiger partial charge is 0.466 e. The lowest BCUT2D eigenvalue weighted by Gasteiger charge is -2.07. The molecule has 0 aromatic heterocycles. The molecule has 0 heterocycles. The van der Waals surface area contributed by atoms with E-state index >= 15 is 0 Å². The summed E-state index contributed by atoms with van der Waals surface area (Å²) >= 11 is 0. The fraction of sp³-hybridized carbons (Fsp3) is 0.500. The normalized spacial score (nSPS) is 10.2. The molecule has 0 saturated heterocycles. The molecule has 1 rings (SSSR count). The number of carbonyl (C=O) groups is 2. The van der Waals surface area contributed by atoms with Gasteiger partial charge in [0.15, 0.2) is 0 Å². The van der Waals surface area contributed by atoms with E-state index in [9.17, 15) is 19.7 Å². The number of para-hydroxylation sites is 1. The summed E-state index contributed by atoms with van der Waals surface area (Å²) in [6.45, 7) is 3.76. The van der Waals surface area contributed by atoms with Crippen LogP contribution in [0.25, 0.3) is 0 Å². The number of ether oxygens (including phenoxy) is 2. The second kappa shape index (κ2) is 9.55. The van der Waals surface area contributed by atoms with Crippen LogP contribution in [0.2, 0.25) is 0 Å². The molecule has 7 nitrogen and oxygen atoms in total. The zero-order valence-electron chi connectivity index (χ0n) is 13.4. The van der Waals surface area contributed by atoms with Gasteiger partial charge >= 0.3 is 11.9 Å². The van der Waals surface area contributed by atoms with Crippen LogP contribution in [-0.4, -0.2) is 23.5 Å². The lowest BCUT2D eigenvalue weighted by molar-refractivity contribution is -0.386. The highest BCUT2D eigenvalue weighted by molar-refractivity contribution is 5.77. The molecule has 0 radical (unpaired) electrons. The standard InChI is InChI=1S/C16H21NO6/c1-3-4-10-22-14(18)8-9-15(19)23-11-13-7-5-6-12(2)16(13)17(20)21/h5-7H,3-4,8-11H2,1-2H3. The van der Waals surface area contributed by atoms with Crippen LogP contribution in [0.3, 0.4) is 0 Å². The Bertz CT molecular complexity index is 570. The highest BCUT2D eigenvalue weighted by atomic mass is 16.6. The Hall–Kier alpha value is -2.44. The zero-order valence-corrected chi connectivity index (χ0v) is 13.4. The van der Waals surface area contributed by atoms with Crippen LogP contribution in [0.5, 0.6) is 0 Å². The number of rotatable bonds is 9. The average Bonchev–Trinajstić information content (AvgIpc) is 2.50. The minimum atomic E-state index is -0.590. The van der Waals surface area contributed by atoms with Crippen molar-refractivity contribution in [1.29, 1.82) is 0 Å². The van der Waals surface area contributed by atoms with Gasteiger partial charge in [-0.3, -0.25) is 19.7 Å². The second-order valence-corrected chi connectivity index (χ2v) is 5.07. The predicted octanol–water partition coefficient (Wildman–Crippen LogP) is 3.07. The van der Waals surface area contributed by atoms with Crippen molar-refractivity contribution in [1.82, 2.24) is 0 Å². The number of benzene rings is 1. The molecule has 0 atom stereocenters. The number of nitro benzene ring substituents is 1. The Balaban J connectivity index is 2.44. The summed E-state index contributed by atoms with van der Waals surface area (Å²) < 4.78 is 9.92. The van der Waals surface area contributed by atoms with Crippen LogP contribution in [0.4, 0.5) is 5.69 Å². The SMILES string of the molecule is CCCCOC(=O)CCC(=O)OCc1cccc(C)c1[N+](=O)[O-]. The molecule has 0 aliphatic carbocycles.